The molecule has 0 bridgehead atoms. The molecule has 0 amide bonds. The van der Waals surface area contributed by atoms with Gasteiger partial charge in [-0.3, -0.25) is 9.59 Å². The Kier molecular flexibility index (Phi) is 5.61. The lowest BCUT2D eigenvalue weighted by Gasteiger charge is -2.50. The van der Waals surface area contributed by atoms with Crippen LogP contribution >= 0.6 is 0 Å². The molecule has 1 aliphatic heterocycles. The van der Waals surface area contributed by atoms with Crippen LogP contribution in [-0.4, -0.2) is 43.1 Å². The maximum absolute atomic E-state index is 13.2. The maximum atomic E-state index is 13.2. The Balaban J connectivity index is 1.88. The van der Waals surface area contributed by atoms with Gasteiger partial charge in [0.25, 0.3) is 0 Å². The van der Waals surface area contributed by atoms with Gasteiger partial charge in [0.05, 0.1) is 19.1 Å². The van der Waals surface area contributed by atoms with E-state index in [2.05, 4.69) is 20.8 Å². The molecule has 6 nitrogen and oxygen atoms in total. The van der Waals surface area contributed by atoms with Gasteiger partial charge in [0.1, 0.15) is 11.7 Å². The molecule has 1 saturated heterocycles. The van der Waals surface area contributed by atoms with Gasteiger partial charge in [0.2, 0.25) is 0 Å². The van der Waals surface area contributed by atoms with Crippen molar-refractivity contribution in [3.05, 3.63) is 11.1 Å². The van der Waals surface area contributed by atoms with Gasteiger partial charge in [-0.15, -0.1) is 0 Å². The molecule has 0 N–H and O–H groups in total. The van der Waals surface area contributed by atoms with Gasteiger partial charge in [-0.1, -0.05) is 32.8 Å². The van der Waals surface area contributed by atoms with E-state index in [0.717, 1.165) is 32.1 Å². The largest absolute Gasteiger partial charge is 0.469 e. The van der Waals surface area contributed by atoms with Crippen LogP contribution in [0.4, 0.5) is 0 Å². The Morgan fingerprint density at radius 3 is 2.41 bits per heavy atom. The van der Waals surface area contributed by atoms with Crippen molar-refractivity contribution < 1.29 is 28.5 Å². The minimum Gasteiger partial charge on any atom is -0.469 e. The molecule has 0 aromatic rings. The van der Waals surface area contributed by atoms with E-state index in [4.69, 9.17) is 18.9 Å². The molecule has 3 aliphatic carbocycles. The van der Waals surface area contributed by atoms with Gasteiger partial charge >= 0.3 is 11.9 Å². The topological polar surface area (TPSA) is 71.1 Å². The smallest absolute Gasteiger partial charge is 0.311 e. The molecule has 0 spiro atoms. The quantitative estimate of drug-likeness (QED) is 0.454. The van der Waals surface area contributed by atoms with Crippen LogP contribution in [0.2, 0.25) is 0 Å². The van der Waals surface area contributed by atoms with Crippen molar-refractivity contribution in [2.75, 3.05) is 13.7 Å². The van der Waals surface area contributed by atoms with Crippen molar-refractivity contribution in [1.29, 1.82) is 0 Å². The zero-order valence-corrected chi connectivity index (χ0v) is 21.0. The molecule has 6 heteroatoms. The van der Waals surface area contributed by atoms with Gasteiger partial charge in [0.15, 0.2) is 5.79 Å². The molecular weight excluding hydrogens is 408 g/mol. The van der Waals surface area contributed by atoms with Crippen molar-refractivity contribution in [1.82, 2.24) is 0 Å². The molecule has 2 unspecified atom stereocenters. The molecule has 0 aromatic carbocycles. The molecule has 0 aromatic heterocycles. The molecule has 2 fully saturated rings. The van der Waals surface area contributed by atoms with Crippen LogP contribution in [0.5, 0.6) is 0 Å². The van der Waals surface area contributed by atoms with Crippen LogP contribution < -0.4 is 0 Å². The normalized spacial score (nSPS) is 42.3. The molecule has 4 aliphatic rings. The number of carbonyl (C=O) groups excluding carboxylic acids is 2. The van der Waals surface area contributed by atoms with E-state index in [9.17, 15) is 9.59 Å². The molecule has 180 valence electrons. The highest BCUT2D eigenvalue weighted by Gasteiger charge is 2.68. The van der Waals surface area contributed by atoms with Crippen LogP contribution in [0.15, 0.2) is 11.1 Å². The Hall–Kier alpha value is -1.40. The summed E-state index contributed by atoms with van der Waals surface area (Å²) in [5.41, 5.74) is 1.42. The lowest BCUT2D eigenvalue weighted by atomic mass is 9.53. The van der Waals surface area contributed by atoms with Gasteiger partial charge in [-0.2, -0.15) is 0 Å². The Morgan fingerprint density at radius 1 is 1.12 bits per heavy atom. The number of methoxy groups -OCH3 is 1. The average molecular weight is 449 g/mol. The fraction of sp³-hybridized carbons (Fsp3) is 0.846. The van der Waals surface area contributed by atoms with Crippen molar-refractivity contribution in [3.8, 4) is 0 Å². The third-order valence-electron chi connectivity index (χ3n) is 9.03. The number of hydrogen-bond acceptors (Lipinski definition) is 6. The fourth-order valence-corrected chi connectivity index (χ4v) is 7.89. The van der Waals surface area contributed by atoms with E-state index in [1.807, 2.05) is 20.8 Å². The van der Waals surface area contributed by atoms with Crippen LogP contribution in [0, 0.1) is 28.6 Å². The van der Waals surface area contributed by atoms with Crippen LogP contribution in [-0.2, 0) is 28.5 Å². The van der Waals surface area contributed by atoms with Crippen molar-refractivity contribution in [2.45, 2.75) is 98.1 Å². The number of esters is 2. The lowest BCUT2D eigenvalue weighted by Crippen LogP contribution is -2.51. The SMILES string of the molecule is COC(=O)C1(C)CCC[C@]2(C)C3=C([C@H](COC(C)=O)C12)[C@@H]1OC(C)(C)O[C@]1(C(C)C)CC3. The van der Waals surface area contributed by atoms with Crippen LogP contribution in [0.1, 0.15) is 80.6 Å². The summed E-state index contributed by atoms with van der Waals surface area (Å²) in [6.45, 7) is 14.4. The van der Waals surface area contributed by atoms with E-state index in [0.29, 0.717) is 0 Å². The highest BCUT2D eigenvalue weighted by atomic mass is 16.8. The van der Waals surface area contributed by atoms with E-state index >= 15 is 0 Å². The maximum Gasteiger partial charge on any atom is 0.311 e. The van der Waals surface area contributed by atoms with Crippen molar-refractivity contribution in [2.24, 2.45) is 28.6 Å². The van der Waals surface area contributed by atoms with E-state index < -0.39 is 16.8 Å². The molecule has 4 rings (SSSR count). The van der Waals surface area contributed by atoms with Gasteiger partial charge < -0.3 is 18.9 Å². The first kappa shape index (κ1) is 23.7. The summed E-state index contributed by atoms with van der Waals surface area (Å²) in [5.74, 6) is -0.990. The number of rotatable bonds is 4. The van der Waals surface area contributed by atoms with E-state index in [1.54, 1.807) is 0 Å². The fourth-order valence-electron chi connectivity index (χ4n) is 7.89. The Bertz CT molecular complexity index is 843. The Morgan fingerprint density at radius 2 is 1.81 bits per heavy atom. The molecule has 1 saturated carbocycles. The summed E-state index contributed by atoms with van der Waals surface area (Å²) in [7, 11) is 1.48. The second-order valence-electron chi connectivity index (χ2n) is 11.6. The number of hydrogen-bond donors (Lipinski definition) is 0. The van der Waals surface area contributed by atoms with Gasteiger partial charge in [-0.05, 0) is 69.3 Å². The van der Waals surface area contributed by atoms with E-state index in [1.165, 1.54) is 25.2 Å². The average Bonchev–Trinajstić information content (AvgIpc) is 3.14. The number of ether oxygens (including phenoxy) is 4. The predicted molar refractivity (Wildman–Crippen MR) is 120 cm³/mol. The second-order valence-corrected chi connectivity index (χ2v) is 11.6. The zero-order valence-electron chi connectivity index (χ0n) is 21.0. The standard InChI is InChI=1S/C26H40O6/c1-15(2)26-13-10-18-19(21(26)31-23(4,5)32-26)17(14-30-16(3)27)20-24(18,6)11-9-12-25(20,7)22(28)29-8/h15,17,20-21H,9-14H2,1-8H3/t17-,20?,21-,24+,25?,26-/m0/s1. The number of fused-ring (bicyclic) bond motifs is 4. The van der Waals surface area contributed by atoms with Gasteiger partial charge in [-0.25, -0.2) is 0 Å². The number of carbonyl (C=O) groups is 2. The van der Waals surface area contributed by atoms with Crippen molar-refractivity contribution in [3.63, 3.8) is 0 Å². The van der Waals surface area contributed by atoms with Crippen LogP contribution in [0.25, 0.3) is 0 Å². The molecule has 1 heterocycles. The summed E-state index contributed by atoms with van der Waals surface area (Å²) in [4.78, 5) is 25.0. The molecule has 0 radical (unpaired) electrons. The first-order valence-electron chi connectivity index (χ1n) is 12.2. The third kappa shape index (κ3) is 3.19. The van der Waals surface area contributed by atoms with E-state index in [-0.39, 0.29) is 47.8 Å². The first-order valence-corrected chi connectivity index (χ1v) is 12.2. The second kappa shape index (κ2) is 7.56. The minimum absolute atomic E-state index is 0.00387. The zero-order chi connectivity index (χ0) is 23.7. The minimum atomic E-state index is -0.691. The lowest BCUT2D eigenvalue weighted by molar-refractivity contribution is -0.173. The predicted octanol–water partition coefficient (Wildman–Crippen LogP) is 4.80. The Labute approximate surface area is 192 Å². The van der Waals surface area contributed by atoms with Gasteiger partial charge in [0, 0.05) is 12.8 Å². The summed E-state index contributed by atoms with van der Waals surface area (Å²) in [6.07, 6.45) is 4.38. The summed E-state index contributed by atoms with van der Waals surface area (Å²) in [5, 5.41) is 0. The highest BCUT2D eigenvalue weighted by molar-refractivity contribution is 5.78. The molecule has 6 atom stereocenters. The third-order valence-corrected chi connectivity index (χ3v) is 9.03. The van der Waals surface area contributed by atoms with Crippen LogP contribution in [0.3, 0.4) is 0 Å². The van der Waals surface area contributed by atoms with Crippen molar-refractivity contribution >= 4 is 11.9 Å². The summed E-state index contributed by atoms with van der Waals surface area (Å²) < 4.78 is 24.3. The molecule has 32 heavy (non-hydrogen) atoms. The highest BCUT2D eigenvalue weighted by Crippen LogP contribution is 2.69. The summed E-state index contributed by atoms with van der Waals surface area (Å²) >= 11 is 0. The molecular formula is C26H40O6. The summed E-state index contributed by atoms with van der Waals surface area (Å²) in [6, 6.07) is 0. The number of allylic oxidation sites excluding steroid dienone is 1. The monoisotopic (exact) mass is 448 g/mol. The first-order chi connectivity index (χ1) is 14.8.